The number of rotatable bonds is 5. The molecule has 2 aliphatic carbocycles. The molecule has 4 rings (SSSR count). The fourth-order valence-corrected chi connectivity index (χ4v) is 3.85. The molecule has 0 saturated heterocycles. The summed E-state index contributed by atoms with van der Waals surface area (Å²) in [4.78, 5) is 0. The van der Waals surface area contributed by atoms with E-state index < -0.39 is 0 Å². The SMILES string of the molecule is c1ccc2c(c1)CNCC2CNCC1(C2CC2)CC1. The van der Waals surface area contributed by atoms with Gasteiger partial charge in [-0.3, -0.25) is 0 Å². The van der Waals surface area contributed by atoms with E-state index in [2.05, 4.69) is 34.9 Å². The first-order chi connectivity index (χ1) is 9.37. The first kappa shape index (κ1) is 11.9. The predicted octanol–water partition coefficient (Wildman–Crippen LogP) is 2.65. The maximum absolute atomic E-state index is 3.78. The van der Waals surface area contributed by atoms with Crippen LogP contribution in [0.4, 0.5) is 0 Å². The highest BCUT2D eigenvalue weighted by molar-refractivity contribution is 5.32. The van der Waals surface area contributed by atoms with Crippen LogP contribution >= 0.6 is 0 Å². The van der Waals surface area contributed by atoms with Gasteiger partial charge in [-0.15, -0.1) is 0 Å². The first-order valence-electron chi connectivity index (χ1n) is 7.87. The molecule has 1 unspecified atom stereocenters. The molecular weight excluding hydrogens is 232 g/mol. The van der Waals surface area contributed by atoms with Crippen LogP contribution in [0.15, 0.2) is 24.3 Å². The Hall–Kier alpha value is -0.860. The third kappa shape index (κ3) is 2.32. The molecule has 102 valence electrons. The Morgan fingerprint density at radius 3 is 2.84 bits per heavy atom. The minimum absolute atomic E-state index is 0.653. The van der Waals surface area contributed by atoms with Gasteiger partial charge in [0.15, 0.2) is 0 Å². The van der Waals surface area contributed by atoms with Crippen LogP contribution in [0.5, 0.6) is 0 Å². The molecule has 0 spiro atoms. The minimum Gasteiger partial charge on any atom is -0.316 e. The van der Waals surface area contributed by atoms with Crippen LogP contribution in [0.1, 0.15) is 42.7 Å². The first-order valence-corrected chi connectivity index (χ1v) is 7.87. The molecule has 2 heteroatoms. The Kier molecular flexibility index (Phi) is 2.89. The quantitative estimate of drug-likeness (QED) is 0.846. The molecule has 1 heterocycles. The zero-order valence-corrected chi connectivity index (χ0v) is 11.6. The van der Waals surface area contributed by atoms with Gasteiger partial charge in [0.05, 0.1) is 0 Å². The van der Waals surface area contributed by atoms with Crippen molar-refractivity contribution in [3.8, 4) is 0 Å². The standard InChI is InChI=1S/C17H24N2/c1-2-4-16-13(3-1)9-18-10-14(16)11-19-12-17(7-8-17)15-5-6-15/h1-4,14-15,18-19H,5-12H2. The maximum Gasteiger partial charge on any atom is 0.0208 e. The number of hydrogen-bond acceptors (Lipinski definition) is 2. The lowest BCUT2D eigenvalue weighted by Gasteiger charge is -2.27. The molecule has 1 aromatic carbocycles. The molecule has 19 heavy (non-hydrogen) atoms. The number of fused-ring (bicyclic) bond motifs is 1. The van der Waals surface area contributed by atoms with Crippen molar-refractivity contribution < 1.29 is 0 Å². The molecule has 1 atom stereocenters. The minimum atomic E-state index is 0.653. The van der Waals surface area contributed by atoms with Crippen molar-refractivity contribution in [2.24, 2.45) is 11.3 Å². The van der Waals surface area contributed by atoms with E-state index in [0.29, 0.717) is 5.92 Å². The highest BCUT2D eigenvalue weighted by Gasteiger charge is 2.53. The average Bonchev–Trinajstić information content (AvgIpc) is 3.32. The molecule has 2 saturated carbocycles. The van der Waals surface area contributed by atoms with Gasteiger partial charge < -0.3 is 10.6 Å². The van der Waals surface area contributed by atoms with E-state index in [1.807, 2.05) is 0 Å². The summed E-state index contributed by atoms with van der Waals surface area (Å²) in [6.45, 7) is 4.56. The predicted molar refractivity (Wildman–Crippen MR) is 78.2 cm³/mol. The fourth-order valence-electron chi connectivity index (χ4n) is 3.85. The summed E-state index contributed by atoms with van der Waals surface area (Å²) in [6.07, 6.45) is 5.94. The van der Waals surface area contributed by atoms with Crippen molar-refractivity contribution in [3.05, 3.63) is 35.4 Å². The van der Waals surface area contributed by atoms with Crippen molar-refractivity contribution in [3.63, 3.8) is 0 Å². The molecule has 1 aromatic rings. The lowest BCUT2D eigenvalue weighted by atomic mass is 9.90. The molecule has 1 aliphatic heterocycles. The zero-order chi connectivity index (χ0) is 12.7. The Balaban J connectivity index is 1.36. The number of nitrogens with one attached hydrogen (secondary N) is 2. The lowest BCUT2D eigenvalue weighted by molar-refractivity contribution is 0.389. The third-order valence-electron chi connectivity index (χ3n) is 5.40. The van der Waals surface area contributed by atoms with Crippen molar-refractivity contribution >= 4 is 0 Å². The lowest BCUT2D eigenvalue weighted by Crippen LogP contribution is -2.36. The van der Waals surface area contributed by atoms with Gasteiger partial charge in [-0.25, -0.2) is 0 Å². The molecule has 0 radical (unpaired) electrons. The topological polar surface area (TPSA) is 24.1 Å². The highest BCUT2D eigenvalue weighted by atomic mass is 14.9. The Bertz CT molecular complexity index is 460. The van der Waals surface area contributed by atoms with Gasteiger partial charge in [0.2, 0.25) is 0 Å². The third-order valence-corrected chi connectivity index (χ3v) is 5.40. The van der Waals surface area contributed by atoms with Gasteiger partial charge in [0.1, 0.15) is 0 Å². The molecule has 2 N–H and O–H groups in total. The highest BCUT2D eigenvalue weighted by Crippen LogP contribution is 2.60. The smallest absolute Gasteiger partial charge is 0.0208 e. The second kappa shape index (κ2) is 4.60. The van der Waals surface area contributed by atoms with E-state index in [4.69, 9.17) is 0 Å². The molecule has 0 amide bonds. The molecular formula is C17H24N2. The van der Waals surface area contributed by atoms with E-state index >= 15 is 0 Å². The van der Waals surface area contributed by atoms with Crippen LogP contribution in [-0.2, 0) is 6.54 Å². The monoisotopic (exact) mass is 256 g/mol. The van der Waals surface area contributed by atoms with Gasteiger partial charge in [-0.05, 0) is 48.1 Å². The van der Waals surface area contributed by atoms with Crippen LogP contribution in [0.2, 0.25) is 0 Å². The van der Waals surface area contributed by atoms with Crippen LogP contribution in [0.25, 0.3) is 0 Å². The number of benzene rings is 1. The molecule has 0 bridgehead atoms. The van der Waals surface area contributed by atoms with E-state index in [1.165, 1.54) is 37.8 Å². The molecule has 2 fully saturated rings. The normalized spacial score (nSPS) is 27.9. The summed E-state index contributed by atoms with van der Waals surface area (Å²) in [6, 6.07) is 8.92. The molecule has 3 aliphatic rings. The van der Waals surface area contributed by atoms with Crippen molar-refractivity contribution in [2.45, 2.75) is 38.1 Å². The van der Waals surface area contributed by atoms with Gasteiger partial charge in [-0.2, -0.15) is 0 Å². The summed E-state index contributed by atoms with van der Waals surface area (Å²) in [5, 5.41) is 7.33. The summed E-state index contributed by atoms with van der Waals surface area (Å²) in [5.74, 6) is 1.72. The largest absolute Gasteiger partial charge is 0.316 e. The van der Waals surface area contributed by atoms with Crippen LogP contribution in [-0.4, -0.2) is 19.6 Å². The molecule has 0 aromatic heterocycles. The van der Waals surface area contributed by atoms with Crippen molar-refractivity contribution in [1.29, 1.82) is 0 Å². The molecule has 2 nitrogen and oxygen atoms in total. The van der Waals surface area contributed by atoms with Gasteiger partial charge in [0.25, 0.3) is 0 Å². The zero-order valence-electron chi connectivity index (χ0n) is 11.6. The Labute approximate surface area is 116 Å². The van der Waals surface area contributed by atoms with Gasteiger partial charge in [-0.1, -0.05) is 24.3 Å². The fraction of sp³-hybridized carbons (Fsp3) is 0.647. The Morgan fingerprint density at radius 2 is 2.05 bits per heavy atom. The van der Waals surface area contributed by atoms with Crippen LogP contribution in [0, 0.1) is 11.3 Å². The number of hydrogen-bond donors (Lipinski definition) is 2. The Morgan fingerprint density at radius 1 is 1.21 bits per heavy atom. The maximum atomic E-state index is 3.78. The second-order valence-corrected chi connectivity index (χ2v) is 6.79. The average molecular weight is 256 g/mol. The summed E-state index contributed by atoms with van der Waals surface area (Å²) in [5.41, 5.74) is 3.77. The van der Waals surface area contributed by atoms with Crippen LogP contribution in [0.3, 0.4) is 0 Å². The van der Waals surface area contributed by atoms with Gasteiger partial charge >= 0.3 is 0 Å². The van der Waals surface area contributed by atoms with Crippen LogP contribution < -0.4 is 10.6 Å². The summed E-state index contributed by atoms with van der Waals surface area (Å²) in [7, 11) is 0. The summed E-state index contributed by atoms with van der Waals surface area (Å²) < 4.78 is 0. The van der Waals surface area contributed by atoms with E-state index in [9.17, 15) is 0 Å². The van der Waals surface area contributed by atoms with Crippen molar-refractivity contribution in [2.75, 3.05) is 19.6 Å². The van der Waals surface area contributed by atoms with Crippen molar-refractivity contribution in [1.82, 2.24) is 10.6 Å². The van der Waals surface area contributed by atoms with E-state index in [0.717, 1.165) is 31.0 Å². The van der Waals surface area contributed by atoms with E-state index in [1.54, 1.807) is 5.56 Å². The second-order valence-electron chi connectivity index (χ2n) is 6.79. The summed E-state index contributed by atoms with van der Waals surface area (Å²) >= 11 is 0. The van der Waals surface area contributed by atoms with Gasteiger partial charge in [0, 0.05) is 32.1 Å². The van der Waals surface area contributed by atoms with E-state index in [-0.39, 0.29) is 0 Å².